The third kappa shape index (κ3) is 2.51. The highest BCUT2D eigenvalue weighted by Crippen LogP contribution is 2.50. The van der Waals surface area contributed by atoms with Crippen molar-refractivity contribution in [2.24, 2.45) is 11.3 Å². The second kappa shape index (κ2) is 3.23. The summed E-state index contributed by atoms with van der Waals surface area (Å²) < 4.78 is 0. The van der Waals surface area contributed by atoms with Crippen molar-refractivity contribution in [3.63, 3.8) is 0 Å². The van der Waals surface area contributed by atoms with Crippen molar-refractivity contribution in [1.29, 1.82) is 5.26 Å². The lowest BCUT2D eigenvalue weighted by Crippen LogP contribution is -2.19. The first-order chi connectivity index (χ1) is 5.17. The first-order valence-corrected chi connectivity index (χ1v) is 4.24. The minimum atomic E-state index is 0.569. The molecule has 11 heavy (non-hydrogen) atoms. The normalized spacial score (nSPS) is 26.1. The highest BCUT2D eigenvalue weighted by atomic mass is 14.9. The molecule has 0 radical (unpaired) electrons. The Morgan fingerprint density at radius 3 is 2.73 bits per heavy atom. The van der Waals surface area contributed by atoms with Crippen LogP contribution < -0.4 is 5.32 Å². The van der Waals surface area contributed by atoms with Gasteiger partial charge in [-0.1, -0.05) is 13.8 Å². The molecule has 1 atom stereocenters. The van der Waals surface area contributed by atoms with Crippen LogP contribution >= 0.6 is 0 Å². The van der Waals surface area contributed by atoms with E-state index in [1.54, 1.807) is 0 Å². The summed E-state index contributed by atoms with van der Waals surface area (Å²) >= 11 is 0. The molecule has 0 bridgehead atoms. The van der Waals surface area contributed by atoms with Crippen LogP contribution in [0.2, 0.25) is 0 Å². The van der Waals surface area contributed by atoms with E-state index >= 15 is 0 Å². The van der Waals surface area contributed by atoms with Gasteiger partial charge in [0.25, 0.3) is 0 Å². The molecule has 62 valence electrons. The molecule has 0 aromatic carbocycles. The van der Waals surface area contributed by atoms with E-state index in [9.17, 15) is 0 Å². The Balaban J connectivity index is 1.95. The number of rotatable bonds is 4. The molecule has 1 unspecified atom stereocenters. The average Bonchev–Trinajstić information content (AvgIpc) is 2.52. The summed E-state index contributed by atoms with van der Waals surface area (Å²) in [6, 6.07) is 2.12. The molecule has 0 aliphatic heterocycles. The van der Waals surface area contributed by atoms with Crippen molar-refractivity contribution in [3.05, 3.63) is 0 Å². The minimum Gasteiger partial charge on any atom is -0.315 e. The van der Waals surface area contributed by atoms with E-state index in [0.29, 0.717) is 11.8 Å². The van der Waals surface area contributed by atoms with Gasteiger partial charge in [-0.2, -0.15) is 5.26 Å². The Morgan fingerprint density at radius 1 is 1.64 bits per heavy atom. The predicted octanol–water partition coefficient (Wildman–Crippen LogP) is 1.54. The molecule has 0 aromatic heterocycles. The highest BCUT2D eigenvalue weighted by molar-refractivity contribution is 4.96. The smallest absolute Gasteiger partial charge is 0.0635 e. The summed E-state index contributed by atoms with van der Waals surface area (Å²) in [6.45, 7) is 6.53. The van der Waals surface area contributed by atoms with Crippen LogP contribution in [0.1, 0.15) is 26.7 Å². The Labute approximate surface area is 68.6 Å². The quantitative estimate of drug-likeness (QED) is 0.620. The minimum absolute atomic E-state index is 0.569. The molecule has 0 heterocycles. The van der Waals surface area contributed by atoms with E-state index in [1.807, 2.05) is 0 Å². The largest absolute Gasteiger partial charge is 0.315 e. The molecule has 1 N–H and O–H groups in total. The number of nitrogens with one attached hydrogen (secondary N) is 1. The zero-order chi connectivity index (χ0) is 8.32. The number of hydrogen-bond acceptors (Lipinski definition) is 2. The van der Waals surface area contributed by atoms with Gasteiger partial charge in [0, 0.05) is 13.0 Å². The van der Waals surface area contributed by atoms with Gasteiger partial charge in [0.05, 0.1) is 6.07 Å². The monoisotopic (exact) mass is 152 g/mol. The van der Waals surface area contributed by atoms with Gasteiger partial charge in [-0.3, -0.25) is 0 Å². The fourth-order valence-corrected chi connectivity index (χ4v) is 1.35. The van der Waals surface area contributed by atoms with E-state index in [2.05, 4.69) is 25.2 Å². The topological polar surface area (TPSA) is 35.8 Å². The number of nitriles is 1. The third-order valence-corrected chi connectivity index (χ3v) is 2.52. The van der Waals surface area contributed by atoms with E-state index < -0.39 is 0 Å². The van der Waals surface area contributed by atoms with Gasteiger partial charge in [-0.25, -0.2) is 0 Å². The van der Waals surface area contributed by atoms with Gasteiger partial charge in [0.2, 0.25) is 0 Å². The van der Waals surface area contributed by atoms with Crippen molar-refractivity contribution >= 4 is 0 Å². The highest BCUT2D eigenvalue weighted by Gasteiger charge is 2.44. The molecule has 1 rings (SSSR count). The first kappa shape index (κ1) is 8.55. The Kier molecular flexibility index (Phi) is 2.51. The maximum atomic E-state index is 8.26. The molecule has 0 aromatic rings. The fourth-order valence-electron chi connectivity index (χ4n) is 1.35. The van der Waals surface area contributed by atoms with E-state index in [4.69, 9.17) is 5.26 Å². The van der Waals surface area contributed by atoms with E-state index in [0.717, 1.165) is 19.0 Å². The summed E-state index contributed by atoms with van der Waals surface area (Å²) in [5.74, 6) is 0.848. The zero-order valence-corrected chi connectivity index (χ0v) is 7.35. The molecule has 1 fully saturated rings. The molecule has 0 amide bonds. The van der Waals surface area contributed by atoms with E-state index in [1.165, 1.54) is 6.42 Å². The SMILES string of the molecule is CC1(C)CC1CNCCC#N. The molecule has 1 aliphatic rings. The van der Waals surface area contributed by atoms with Gasteiger partial charge in [-0.15, -0.1) is 0 Å². The molecular formula is C9H16N2. The summed E-state index contributed by atoms with van der Waals surface area (Å²) in [7, 11) is 0. The third-order valence-electron chi connectivity index (χ3n) is 2.52. The predicted molar refractivity (Wildman–Crippen MR) is 45.0 cm³/mol. The van der Waals surface area contributed by atoms with Crippen molar-refractivity contribution in [3.8, 4) is 6.07 Å². The lowest BCUT2D eigenvalue weighted by Gasteiger charge is -2.03. The molecular weight excluding hydrogens is 136 g/mol. The average molecular weight is 152 g/mol. The van der Waals surface area contributed by atoms with E-state index in [-0.39, 0.29) is 0 Å². The van der Waals surface area contributed by atoms with Crippen LogP contribution in [-0.4, -0.2) is 13.1 Å². The molecule has 0 spiro atoms. The van der Waals surface area contributed by atoms with Crippen molar-refractivity contribution < 1.29 is 0 Å². The van der Waals surface area contributed by atoms with Crippen LogP contribution in [0, 0.1) is 22.7 Å². The molecule has 2 nitrogen and oxygen atoms in total. The Morgan fingerprint density at radius 2 is 2.27 bits per heavy atom. The maximum Gasteiger partial charge on any atom is 0.0635 e. The van der Waals surface area contributed by atoms with Crippen LogP contribution in [0.25, 0.3) is 0 Å². The van der Waals surface area contributed by atoms with Crippen molar-refractivity contribution in [2.75, 3.05) is 13.1 Å². The van der Waals surface area contributed by atoms with Crippen LogP contribution in [0.5, 0.6) is 0 Å². The second-order valence-corrected chi connectivity index (χ2v) is 4.00. The van der Waals surface area contributed by atoms with Gasteiger partial charge in [0.15, 0.2) is 0 Å². The maximum absolute atomic E-state index is 8.26. The van der Waals surface area contributed by atoms with Crippen LogP contribution in [0.3, 0.4) is 0 Å². The Hall–Kier alpha value is -0.550. The fraction of sp³-hybridized carbons (Fsp3) is 0.889. The zero-order valence-electron chi connectivity index (χ0n) is 7.35. The Bertz CT molecular complexity index is 167. The van der Waals surface area contributed by atoms with Crippen LogP contribution in [0.15, 0.2) is 0 Å². The van der Waals surface area contributed by atoms with Gasteiger partial charge >= 0.3 is 0 Å². The van der Waals surface area contributed by atoms with Crippen LogP contribution in [-0.2, 0) is 0 Å². The molecule has 1 aliphatic carbocycles. The molecule has 2 heteroatoms. The lowest BCUT2D eigenvalue weighted by molar-refractivity contribution is 0.523. The van der Waals surface area contributed by atoms with Gasteiger partial charge < -0.3 is 5.32 Å². The first-order valence-electron chi connectivity index (χ1n) is 4.24. The number of hydrogen-bond donors (Lipinski definition) is 1. The number of nitrogens with zero attached hydrogens (tertiary/aromatic N) is 1. The van der Waals surface area contributed by atoms with Crippen molar-refractivity contribution in [2.45, 2.75) is 26.7 Å². The summed E-state index contributed by atoms with van der Waals surface area (Å²) in [5.41, 5.74) is 0.569. The van der Waals surface area contributed by atoms with Gasteiger partial charge in [-0.05, 0) is 24.3 Å². The van der Waals surface area contributed by atoms with Crippen LogP contribution in [0.4, 0.5) is 0 Å². The van der Waals surface area contributed by atoms with Gasteiger partial charge in [0.1, 0.15) is 0 Å². The summed E-state index contributed by atoms with van der Waals surface area (Å²) in [6.07, 6.45) is 1.97. The van der Waals surface area contributed by atoms with Crippen molar-refractivity contribution in [1.82, 2.24) is 5.32 Å². The lowest BCUT2D eigenvalue weighted by atomic mass is 10.1. The molecule has 1 saturated carbocycles. The summed E-state index contributed by atoms with van der Waals surface area (Å²) in [4.78, 5) is 0. The summed E-state index contributed by atoms with van der Waals surface area (Å²) in [5, 5.41) is 11.5. The standard InChI is InChI=1S/C9H16N2/c1-9(2)6-8(9)7-11-5-3-4-10/h8,11H,3,5-7H2,1-2H3. The molecule has 0 saturated heterocycles. The second-order valence-electron chi connectivity index (χ2n) is 4.00.